The molecule has 0 saturated heterocycles. The highest BCUT2D eigenvalue weighted by molar-refractivity contribution is 7.19. The van der Waals surface area contributed by atoms with Crippen LogP contribution in [0, 0.1) is 6.92 Å². The Balaban J connectivity index is 1.93. The number of pyridine rings is 1. The molecule has 0 aliphatic rings. The average molecular weight is 352 g/mol. The SMILES string of the molecule is Cc1ccccc1-c1cc(-c2ccoc2)cc(-c2ccc(Cl)s2)n1. The fourth-order valence-electron chi connectivity index (χ4n) is 2.70. The van der Waals surface area contributed by atoms with Gasteiger partial charge < -0.3 is 4.42 Å². The average Bonchev–Trinajstić information content (AvgIpc) is 3.26. The Kier molecular flexibility index (Phi) is 3.97. The Morgan fingerprint density at radius 3 is 2.50 bits per heavy atom. The van der Waals surface area contributed by atoms with Gasteiger partial charge in [-0.25, -0.2) is 4.98 Å². The van der Waals surface area contributed by atoms with Crippen molar-refractivity contribution in [2.75, 3.05) is 0 Å². The molecule has 0 N–H and O–H groups in total. The van der Waals surface area contributed by atoms with Crippen molar-refractivity contribution in [2.45, 2.75) is 6.92 Å². The number of hydrogen-bond acceptors (Lipinski definition) is 3. The van der Waals surface area contributed by atoms with Crippen LogP contribution in [-0.4, -0.2) is 4.98 Å². The van der Waals surface area contributed by atoms with Crippen molar-refractivity contribution >= 4 is 22.9 Å². The number of aromatic nitrogens is 1. The van der Waals surface area contributed by atoms with E-state index in [-0.39, 0.29) is 0 Å². The lowest BCUT2D eigenvalue weighted by Gasteiger charge is -2.09. The standard InChI is InChI=1S/C20H14ClNOS/c1-13-4-2-3-5-16(13)17-10-15(14-8-9-23-12-14)11-18(22-17)19-6-7-20(21)24-19/h2-12H,1H3. The molecule has 0 saturated carbocycles. The maximum Gasteiger partial charge on any atom is 0.0980 e. The molecule has 24 heavy (non-hydrogen) atoms. The van der Waals surface area contributed by atoms with Gasteiger partial charge in [0.15, 0.2) is 0 Å². The molecule has 4 heteroatoms. The second-order valence-corrected chi connectivity index (χ2v) is 7.27. The molecule has 0 aliphatic heterocycles. The summed E-state index contributed by atoms with van der Waals surface area (Å²) in [5, 5.41) is 0. The fourth-order valence-corrected chi connectivity index (χ4v) is 3.71. The van der Waals surface area contributed by atoms with Gasteiger partial charge in [0.1, 0.15) is 0 Å². The van der Waals surface area contributed by atoms with Crippen LogP contribution in [0.3, 0.4) is 0 Å². The molecule has 1 aromatic carbocycles. The Labute approximate surface area is 149 Å². The zero-order valence-corrected chi connectivity index (χ0v) is 14.6. The largest absolute Gasteiger partial charge is 0.472 e. The molecular weight excluding hydrogens is 338 g/mol. The molecule has 0 unspecified atom stereocenters. The van der Waals surface area contributed by atoms with Gasteiger partial charge in [0.05, 0.1) is 33.1 Å². The van der Waals surface area contributed by atoms with Gasteiger partial charge in [-0.15, -0.1) is 11.3 Å². The number of furan rings is 1. The summed E-state index contributed by atoms with van der Waals surface area (Å²) in [6.45, 7) is 2.10. The summed E-state index contributed by atoms with van der Waals surface area (Å²) >= 11 is 7.64. The van der Waals surface area contributed by atoms with Crippen LogP contribution in [0.15, 0.2) is 71.5 Å². The number of hydrogen-bond donors (Lipinski definition) is 0. The summed E-state index contributed by atoms with van der Waals surface area (Å²) in [5.41, 5.74) is 6.32. The second-order valence-electron chi connectivity index (χ2n) is 5.56. The number of halogens is 1. The minimum Gasteiger partial charge on any atom is -0.472 e. The lowest BCUT2D eigenvalue weighted by Crippen LogP contribution is -1.91. The van der Waals surface area contributed by atoms with E-state index in [0.717, 1.165) is 37.3 Å². The van der Waals surface area contributed by atoms with Gasteiger partial charge in [0, 0.05) is 11.1 Å². The van der Waals surface area contributed by atoms with Crippen LogP contribution in [0.25, 0.3) is 33.0 Å². The van der Waals surface area contributed by atoms with Gasteiger partial charge in [-0.3, -0.25) is 0 Å². The van der Waals surface area contributed by atoms with Gasteiger partial charge in [-0.2, -0.15) is 0 Å². The fraction of sp³-hybridized carbons (Fsp3) is 0.0500. The summed E-state index contributed by atoms with van der Waals surface area (Å²) in [5.74, 6) is 0. The first kappa shape index (κ1) is 15.2. The normalized spacial score (nSPS) is 10.9. The molecule has 118 valence electrons. The summed E-state index contributed by atoms with van der Waals surface area (Å²) in [6, 6.07) is 18.3. The number of aryl methyl sites for hydroxylation is 1. The van der Waals surface area contributed by atoms with E-state index < -0.39 is 0 Å². The van der Waals surface area contributed by atoms with E-state index in [4.69, 9.17) is 21.0 Å². The van der Waals surface area contributed by atoms with Gasteiger partial charge in [-0.1, -0.05) is 35.9 Å². The van der Waals surface area contributed by atoms with Crippen molar-refractivity contribution in [1.29, 1.82) is 0 Å². The van der Waals surface area contributed by atoms with Crippen LogP contribution in [0.5, 0.6) is 0 Å². The quantitative estimate of drug-likeness (QED) is 0.410. The van der Waals surface area contributed by atoms with E-state index in [1.807, 2.05) is 30.3 Å². The zero-order valence-electron chi connectivity index (χ0n) is 13.0. The van der Waals surface area contributed by atoms with Crippen LogP contribution in [0.1, 0.15) is 5.56 Å². The molecule has 3 heterocycles. The monoisotopic (exact) mass is 351 g/mol. The molecular formula is C20H14ClNOS. The van der Waals surface area contributed by atoms with Crippen molar-refractivity contribution < 1.29 is 4.42 Å². The molecule has 3 aromatic heterocycles. The minimum atomic E-state index is 0.762. The highest BCUT2D eigenvalue weighted by atomic mass is 35.5. The molecule has 0 aliphatic carbocycles. The third kappa shape index (κ3) is 2.88. The predicted octanol–water partition coefficient (Wildman–Crippen LogP) is 6.70. The van der Waals surface area contributed by atoms with Crippen molar-refractivity contribution in [1.82, 2.24) is 4.98 Å². The number of thiophene rings is 1. The first-order chi connectivity index (χ1) is 11.7. The summed E-state index contributed by atoms with van der Waals surface area (Å²) in [6.07, 6.45) is 3.44. The number of benzene rings is 1. The Morgan fingerprint density at radius 2 is 1.79 bits per heavy atom. The molecule has 2 nitrogen and oxygen atoms in total. The predicted molar refractivity (Wildman–Crippen MR) is 100 cm³/mol. The first-order valence-corrected chi connectivity index (χ1v) is 8.76. The minimum absolute atomic E-state index is 0.762. The smallest absolute Gasteiger partial charge is 0.0980 e. The highest BCUT2D eigenvalue weighted by Crippen LogP contribution is 2.35. The lowest BCUT2D eigenvalue weighted by molar-refractivity contribution is 0.568. The third-order valence-corrected chi connectivity index (χ3v) is 5.18. The molecule has 0 radical (unpaired) electrons. The van der Waals surface area contributed by atoms with Crippen molar-refractivity contribution in [3.05, 3.63) is 77.0 Å². The molecule has 0 fully saturated rings. The summed E-state index contributed by atoms with van der Waals surface area (Å²) < 4.78 is 6.01. The van der Waals surface area contributed by atoms with Gasteiger partial charge in [0.25, 0.3) is 0 Å². The first-order valence-electron chi connectivity index (χ1n) is 7.57. The molecule has 0 amide bonds. The van der Waals surface area contributed by atoms with Crippen LogP contribution in [0.4, 0.5) is 0 Å². The van der Waals surface area contributed by atoms with E-state index in [0.29, 0.717) is 0 Å². The molecule has 4 rings (SSSR count). The van der Waals surface area contributed by atoms with Crippen LogP contribution >= 0.6 is 22.9 Å². The zero-order chi connectivity index (χ0) is 16.5. The Morgan fingerprint density at radius 1 is 0.958 bits per heavy atom. The molecule has 4 aromatic rings. The van der Waals surface area contributed by atoms with Crippen LogP contribution in [-0.2, 0) is 0 Å². The molecule has 0 bridgehead atoms. The lowest BCUT2D eigenvalue weighted by atomic mass is 10.0. The van der Waals surface area contributed by atoms with Crippen LogP contribution in [0.2, 0.25) is 4.34 Å². The topological polar surface area (TPSA) is 26.0 Å². The van der Waals surface area contributed by atoms with Crippen molar-refractivity contribution in [2.24, 2.45) is 0 Å². The Bertz CT molecular complexity index is 989. The molecule has 0 spiro atoms. The highest BCUT2D eigenvalue weighted by Gasteiger charge is 2.12. The van der Waals surface area contributed by atoms with Gasteiger partial charge in [-0.05, 0) is 48.4 Å². The van der Waals surface area contributed by atoms with Gasteiger partial charge >= 0.3 is 0 Å². The maximum atomic E-state index is 6.11. The Hall–Kier alpha value is -2.36. The number of nitrogens with zero attached hydrogens (tertiary/aromatic N) is 1. The van der Waals surface area contributed by atoms with Crippen molar-refractivity contribution in [3.63, 3.8) is 0 Å². The maximum absolute atomic E-state index is 6.11. The second kappa shape index (κ2) is 6.27. The van der Waals surface area contributed by atoms with Crippen molar-refractivity contribution in [3.8, 4) is 33.0 Å². The summed E-state index contributed by atoms with van der Waals surface area (Å²) in [4.78, 5) is 5.93. The molecule has 0 atom stereocenters. The van der Waals surface area contributed by atoms with E-state index in [1.165, 1.54) is 16.9 Å². The number of rotatable bonds is 3. The van der Waals surface area contributed by atoms with Gasteiger partial charge in [0.2, 0.25) is 0 Å². The van der Waals surface area contributed by atoms with E-state index in [1.54, 1.807) is 12.5 Å². The van der Waals surface area contributed by atoms with E-state index >= 15 is 0 Å². The van der Waals surface area contributed by atoms with E-state index in [9.17, 15) is 0 Å². The van der Waals surface area contributed by atoms with Crippen LogP contribution < -0.4 is 0 Å². The van der Waals surface area contributed by atoms with E-state index in [2.05, 4.69) is 31.2 Å². The third-order valence-electron chi connectivity index (χ3n) is 3.93. The summed E-state index contributed by atoms with van der Waals surface area (Å²) in [7, 11) is 0.